The molecule has 1 saturated heterocycles. The van der Waals surface area contributed by atoms with Gasteiger partial charge in [-0.25, -0.2) is 4.98 Å². The van der Waals surface area contributed by atoms with Gasteiger partial charge in [0.15, 0.2) is 0 Å². The van der Waals surface area contributed by atoms with Crippen molar-refractivity contribution in [2.45, 2.75) is 65.8 Å². The molecule has 1 aliphatic heterocycles. The number of aromatic nitrogens is 1. The van der Waals surface area contributed by atoms with E-state index in [4.69, 9.17) is 9.47 Å². The molecule has 1 aliphatic rings. The van der Waals surface area contributed by atoms with Crippen LogP contribution in [-0.4, -0.2) is 34.6 Å². The zero-order valence-corrected chi connectivity index (χ0v) is 17.3. The van der Waals surface area contributed by atoms with E-state index in [2.05, 4.69) is 49.8 Å². The minimum absolute atomic E-state index is 0.0291. The third-order valence-corrected chi connectivity index (χ3v) is 5.19. The molecular weight excluding hydrogens is 350 g/mol. The summed E-state index contributed by atoms with van der Waals surface area (Å²) in [5.41, 5.74) is 0.0584. The molecule has 2 heterocycles. The van der Waals surface area contributed by atoms with Crippen molar-refractivity contribution in [3.8, 4) is 5.19 Å². The predicted molar refractivity (Wildman–Crippen MR) is 105 cm³/mol. The molecule has 7 heteroatoms. The highest BCUT2D eigenvalue weighted by molar-refractivity contribution is 7.17. The molecule has 1 N–H and O–H groups in total. The summed E-state index contributed by atoms with van der Waals surface area (Å²) < 4.78 is 11.2. The smallest absolute Gasteiger partial charge is 0.280 e. The number of nitrogens with one attached hydrogen (secondary N) is 1. The molecule has 0 aliphatic carbocycles. The second-order valence-corrected chi connectivity index (χ2v) is 8.81. The number of ether oxygens (including phenoxy) is 2. The summed E-state index contributed by atoms with van der Waals surface area (Å²) in [4.78, 5) is 18.4. The largest absolute Gasteiger partial charge is 0.478 e. The maximum Gasteiger partial charge on any atom is 0.280 e. The Morgan fingerprint density at radius 3 is 2.92 bits per heavy atom. The lowest BCUT2D eigenvalue weighted by Crippen LogP contribution is -2.39. The van der Waals surface area contributed by atoms with Crippen LogP contribution in [0.4, 0.5) is 5.00 Å². The first-order valence-electron chi connectivity index (χ1n) is 9.27. The van der Waals surface area contributed by atoms with Gasteiger partial charge in [-0.05, 0) is 33.1 Å². The van der Waals surface area contributed by atoms with Gasteiger partial charge in [-0.15, -0.1) is 0 Å². The Hall–Kier alpha value is -1.60. The molecule has 146 valence electrons. The summed E-state index contributed by atoms with van der Waals surface area (Å²) in [6.07, 6.45) is 7.00. The Labute approximate surface area is 160 Å². The molecule has 1 aromatic rings. The van der Waals surface area contributed by atoms with Gasteiger partial charge in [0.25, 0.3) is 5.19 Å². The molecule has 26 heavy (non-hydrogen) atoms. The quantitative estimate of drug-likeness (QED) is 0.666. The number of nitrogens with zero attached hydrogens (tertiary/aromatic N) is 2. The summed E-state index contributed by atoms with van der Waals surface area (Å²) >= 11 is 1.32. The first-order valence-corrected chi connectivity index (χ1v) is 10.1. The number of carbonyl (C=O) groups is 1. The van der Waals surface area contributed by atoms with E-state index in [9.17, 15) is 4.79 Å². The highest BCUT2D eigenvalue weighted by Gasteiger charge is 2.28. The van der Waals surface area contributed by atoms with Crippen LogP contribution in [0.3, 0.4) is 0 Å². The molecule has 1 unspecified atom stereocenters. The van der Waals surface area contributed by atoms with Crippen molar-refractivity contribution in [3.63, 3.8) is 0 Å². The Bertz CT molecular complexity index is 622. The van der Waals surface area contributed by atoms with Crippen LogP contribution in [0.2, 0.25) is 0 Å². The van der Waals surface area contributed by atoms with Crippen LogP contribution in [0.5, 0.6) is 5.19 Å². The standard InChI is InChI=1S/C19H31N3O3S/c1-6-7-14(2)8-9-16(23)21-17-10-20-18(26-17)24-12-15-11-22(13-25-15)19(3,4)5/h10,12,14H,6-9,11,13H2,1-5H3,(H,21,23). The lowest BCUT2D eigenvalue weighted by Gasteiger charge is -2.28. The van der Waals surface area contributed by atoms with Crippen molar-refractivity contribution in [3.05, 3.63) is 18.2 Å². The fourth-order valence-electron chi connectivity index (χ4n) is 2.64. The van der Waals surface area contributed by atoms with Crippen LogP contribution in [0.15, 0.2) is 18.2 Å². The highest BCUT2D eigenvalue weighted by Crippen LogP contribution is 2.27. The van der Waals surface area contributed by atoms with Crippen molar-refractivity contribution in [2.75, 3.05) is 18.6 Å². The van der Waals surface area contributed by atoms with Crippen LogP contribution in [-0.2, 0) is 9.53 Å². The van der Waals surface area contributed by atoms with Crippen molar-refractivity contribution >= 4 is 22.2 Å². The number of anilines is 1. The second kappa shape index (κ2) is 9.37. The molecule has 0 saturated carbocycles. The van der Waals surface area contributed by atoms with Gasteiger partial charge in [0, 0.05) is 12.0 Å². The zero-order valence-electron chi connectivity index (χ0n) is 16.5. The van der Waals surface area contributed by atoms with Gasteiger partial charge < -0.3 is 14.8 Å². The summed E-state index contributed by atoms with van der Waals surface area (Å²) in [5.74, 6) is 1.39. The number of amides is 1. The second-order valence-electron chi connectivity index (χ2n) is 7.82. The first-order chi connectivity index (χ1) is 12.3. The number of rotatable bonds is 8. The lowest BCUT2D eigenvalue weighted by atomic mass is 10.0. The number of hydrogen-bond donors (Lipinski definition) is 1. The minimum Gasteiger partial charge on any atom is -0.478 e. The third-order valence-electron chi connectivity index (χ3n) is 4.39. The minimum atomic E-state index is 0.0291. The fourth-order valence-corrected chi connectivity index (χ4v) is 3.30. The zero-order chi connectivity index (χ0) is 19.2. The molecule has 0 aromatic carbocycles. The molecular formula is C19H31N3O3S. The molecule has 1 atom stereocenters. The number of hydrogen-bond acceptors (Lipinski definition) is 6. The van der Waals surface area contributed by atoms with Crippen LogP contribution >= 0.6 is 11.3 Å². The third kappa shape index (κ3) is 6.61. The molecule has 0 radical (unpaired) electrons. The molecule has 2 rings (SSSR count). The predicted octanol–water partition coefficient (Wildman–Crippen LogP) is 4.61. The van der Waals surface area contributed by atoms with E-state index < -0.39 is 0 Å². The van der Waals surface area contributed by atoms with Crippen molar-refractivity contribution in [2.24, 2.45) is 5.92 Å². The van der Waals surface area contributed by atoms with Gasteiger partial charge in [-0.2, -0.15) is 0 Å². The Morgan fingerprint density at radius 2 is 2.27 bits per heavy atom. The van der Waals surface area contributed by atoms with Crippen LogP contribution in [0, 0.1) is 5.92 Å². The Kier molecular flexibility index (Phi) is 7.46. The number of carbonyl (C=O) groups excluding carboxylic acids is 1. The summed E-state index contributed by atoms with van der Waals surface area (Å²) in [7, 11) is 0. The molecule has 1 amide bonds. The highest BCUT2D eigenvalue weighted by atomic mass is 32.1. The molecule has 1 fully saturated rings. The van der Waals surface area contributed by atoms with E-state index in [0.717, 1.165) is 25.0 Å². The topological polar surface area (TPSA) is 63.7 Å². The maximum absolute atomic E-state index is 12.0. The SMILES string of the molecule is CCCC(C)CCC(=O)Nc1cnc(OC=C2CN(C(C)(C)C)CO2)s1. The van der Waals surface area contributed by atoms with E-state index in [0.29, 0.717) is 35.8 Å². The van der Waals surface area contributed by atoms with E-state index in [-0.39, 0.29) is 11.4 Å². The summed E-state index contributed by atoms with van der Waals surface area (Å²) in [6, 6.07) is 0. The van der Waals surface area contributed by atoms with Gasteiger partial charge in [0.05, 0.1) is 12.7 Å². The molecule has 0 spiro atoms. The van der Waals surface area contributed by atoms with Crippen molar-refractivity contribution in [1.29, 1.82) is 0 Å². The summed E-state index contributed by atoms with van der Waals surface area (Å²) in [6.45, 7) is 12.1. The fraction of sp³-hybridized carbons (Fsp3) is 0.684. The molecule has 6 nitrogen and oxygen atoms in total. The molecule has 0 bridgehead atoms. The first kappa shape index (κ1) is 20.7. The van der Waals surface area contributed by atoms with Crippen LogP contribution in [0.1, 0.15) is 60.3 Å². The van der Waals surface area contributed by atoms with Gasteiger partial charge in [-0.1, -0.05) is 38.0 Å². The maximum atomic E-state index is 12.0. The van der Waals surface area contributed by atoms with E-state index in [1.54, 1.807) is 12.5 Å². The van der Waals surface area contributed by atoms with Crippen molar-refractivity contribution in [1.82, 2.24) is 9.88 Å². The monoisotopic (exact) mass is 381 g/mol. The average molecular weight is 382 g/mol. The van der Waals surface area contributed by atoms with E-state index in [1.165, 1.54) is 11.3 Å². The van der Waals surface area contributed by atoms with E-state index in [1.807, 2.05) is 0 Å². The van der Waals surface area contributed by atoms with Gasteiger partial charge in [0.2, 0.25) is 5.91 Å². The average Bonchev–Trinajstić information content (AvgIpc) is 3.20. The van der Waals surface area contributed by atoms with Gasteiger partial charge in [0.1, 0.15) is 23.8 Å². The number of thiazole rings is 1. The van der Waals surface area contributed by atoms with Crippen molar-refractivity contribution < 1.29 is 14.3 Å². The van der Waals surface area contributed by atoms with Gasteiger partial charge in [-0.3, -0.25) is 9.69 Å². The lowest BCUT2D eigenvalue weighted by molar-refractivity contribution is -0.116. The van der Waals surface area contributed by atoms with E-state index >= 15 is 0 Å². The van der Waals surface area contributed by atoms with Gasteiger partial charge >= 0.3 is 0 Å². The Balaban J connectivity index is 1.77. The molecule has 1 aromatic heterocycles. The normalized spacial score (nSPS) is 18.0. The Morgan fingerprint density at radius 1 is 1.50 bits per heavy atom. The van der Waals surface area contributed by atoms with Crippen LogP contribution in [0.25, 0.3) is 0 Å². The van der Waals surface area contributed by atoms with Crippen LogP contribution < -0.4 is 10.1 Å². The summed E-state index contributed by atoms with van der Waals surface area (Å²) in [5, 5.41) is 4.09.